The van der Waals surface area contributed by atoms with Gasteiger partial charge in [-0.25, -0.2) is 0 Å². The van der Waals surface area contributed by atoms with Crippen molar-refractivity contribution < 1.29 is 23.8 Å². The predicted octanol–water partition coefficient (Wildman–Crippen LogP) is 4.08. The Balaban J connectivity index is 1.70. The summed E-state index contributed by atoms with van der Waals surface area (Å²) >= 11 is 0. The van der Waals surface area contributed by atoms with E-state index < -0.39 is 0 Å². The average Bonchev–Trinajstić information content (AvgIpc) is 3.18. The van der Waals surface area contributed by atoms with Crippen molar-refractivity contribution >= 4 is 11.6 Å². The number of furan rings is 1. The number of nitrogens with one attached hydrogen (secondary N) is 1. The lowest BCUT2D eigenvalue weighted by Crippen LogP contribution is -2.20. The molecule has 0 saturated heterocycles. The third kappa shape index (κ3) is 4.53. The number of anilines is 1. The van der Waals surface area contributed by atoms with E-state index in [1.54, 1.807) is 37.4 Å². The van der Waals surface area contributed by atoms with Crippen LogP contribution in [-0.2, 0) is 11.4 Å². The fourth-order valence-corrected chi connectivity index (χ4v) is 2.74. The van der Waals surface area contributed by atoms with Crippen molar-refractivity contribution in [1.29, 1.82) is 0 Å². The predicted molar refractivity (Wildman–Crippen MR) is 107 cm³/mol. The van der Waals surface area contributed by atoms with Gasteiger partial charge in [0.15, 0.2) is 6.61 Å². The van der Waals surface area contributed by atoms with Crippen LogP contribution in [0.2, 0.25) is 0 Å². The zero-order valence-corrected chi connectivity index (χ0v) is 16.1. The van der Waals surface area contributed by atoms with Crippen LogP contribution < -0.4 is 14.8 Å². The van der Waals surface area contributed by atoms with Crippen LogP contribution in [0.25, 0.3) is 11.3 Å². The first-order valence-corrected chi connectivity index (χ1v) is 8.88. The van der Waals surface area contributed by atoms with E-state index >= 15 is 0 Å². The molecule has 0 radical (unpaired) electrons. The number of aliphatic hydroxyl groups is 1. The molecule has 6 heteroatoms. The Morgan fingerprint density at radius 1 is 1.07 bits per heavy atom. The zero-order valence-electron chi connectivity index (χ0n) is 16.1. The van der Waals surface area contributed by atoms with Gasteiger partial charge >= 0.3 is 0 Å². The standard InChI is InChI=1S/C22H23NO5/c1-14-4-6-17(10-15(14)2)27-13-22(25)23-16-5-8-20(26-3)19(11-16)21-9-7-18(12-24)28-21/h4-11,24H,12-13H2,1-3H3,(H,23,25). The number of hydrogen-bond acceptors (Lipinski definition) is 5. The molecule has 0 atom stereocenters. The van der Waals surface area contributed by atoms with Crippen LogP contribution in [0.3, 0.4) is 0 Å². The van der Waals surface area contributed by atoms with Crippen LogP contribution in [0.5, 0.6) is 11.5 Å². The number of carbonyl (C=O) groups is 1. The maximum Gasteiger partial charge on any atom is 0.262 e. The summed E-state index contributed by atoms with van der Waals surface area (Å²) in [7, 11) is 1.56. The van der Waals surface area contributed by atoms with Gasteiger partial charge in [0.25, 0.3) is 5.91 Å². The first kappa shape index (κ1) is 19.5. The molecule has 1 heterocycles. The van der Waals surface area contributed by atoms with Gasteiger partial charge in [0.05, 0.1) is 12.7 Å². The minimum absolute atomic E-state index is 0.0979. The van der Waals surface area contributed by atoms with Crippen molar-refractivity contribution in [2.24, 2.45) is 0 Å². The second kappa shape index (κ2) is 8.63. The second-order valence-electron chi connectivity index (χ2n) is 6.42. The van der Waals surface area contributed by atoms with Crippen LogP contribution in [0.1, 0.15) is 16.9 Å². The minimum Gasteiger partial charge on any atom is -0.496 e. The van der Waals surface area contributed by atoms with Crippen molar-refractivity contribution in [2.45, 2.75) is 20.5 Å². The summed E-state index contributed by atoms with van der Waals surface area (Å²) < 4.78 is 16.5. The molecule has 2 N–H and O–H groups in total. The number of aryl methyl sites for hydroxylation is 2. The lowest BCUT2D eigenvalue weighted by molar-refractivity contribution is -0.118. The van der Waals surface area contributed by atoms with Crippen LogP contribution in [-0.4, -0.2) is 24.7 Å². The Morgan fingerprint density at radius 3 is 2.57 bits per heavy atom. The molecule has 0 saturated carbocycles. The molecule has 0 bridgehead atoms. The maximum atomic E-state index is 12.3. The Kier molecular flexibility index (Phi) is 6.01. The van der Waals surface area contributed by atoms with E-state index in [2.05, 4.69) is 5.32 Å². The Hall–Kier alpha value is -3.25. The fraction of sp³-hybridized carbons (Fsp3) is 0.227. The number of aliphatic hydroxyl groups excluding tert-OH is 1. The van der Waals surface area contributed by atoms with Gasteiger partial charge in [-0.3, -0.25) is 4.79 Å². The van der Waals surface area contributed by atoms with Crippen LogP contribution in [0, 0.1) is 13.8 Å². The molecule has 6 nitrogen and oxygen atoms in total. The molecule has 2 aromatic carbocycles. The maximum absolute atomic E-state index is 12.3. The quantitative estimate of drug-likeness (QED) is 0.644. The summed E-state index contributed by atoms with van der Waals surface area (Å²) in [6, 6.07) is 14.4. The van der Waals surface area contributed by atoms with E-state index in [0.717, 1.165) is 5.56 Å². The fourth-order valence-electron chi connectivity index (χ4n) is 2.74. The molecule has 3 rings (SSSR count). The molecule has 0 unspecified atom stereocenters. The Bertz CT molecular complexity index is 977. The van der Waals surface area contributed by atoms with Crippen LogP contribution >= 0.6 is 0 Å². The van der Waals surface area contributed by atoms with Gasteiger partial charge in [-0.05, 0) is 67.4 Å². The van der Waals surface area contributed by atoms with Gasteiger partial charge in [0.2, 0.25) is 0 Å². The largest absolute Gasteiger partial charge is 0.496 e. The van der Waals surface area contributed by atoms with Crippen molar-refractivity contribution in [3.63, 3.8) is 0 Å². The van der Waals surface area contributed by atoms with Crippen molar-refractivity contribution in [3.8, 4) is 22.8 Å². The summed E-state index contributed by atoms with van der Waals surface area (Å²) in [6.45, 7) is 3.74. The number of benzene rings is 2. The van der Waals surface area contributed by atoms with Crippen molar-refractivity contribution in [2.75, 3.05) is 19.0 Å². The highest BCUT2D eigenvalue weighted by atomic mass is 16.5. The summed E-state index contributed by atoms with van der Waals surface area (Å²) in [4.78, 5) is 12.3. The van der Waals surface area contributed by atoms with Crippen LogP contribution in [0.4, 0.5) is 5.69 Å². The zero-order chi connectivity index (χ0) is 20.1. The molecule has 1 aromatic heterocycles. The smallest absolute Gasteiger partial charge is 0.262 e. The van der Waals surface area contributed by atoms with E-state index in [9.17, 15) is 9.90 Å². The highest BCUT2D eigenvalue weighted by Gasteiger charge is 2.13. The molecule has 3 aromatic rings. The molecular weight excluding hydrogens is 358 g/mol. The van der Waals surface area contributed by atoms with Gasteiger partial charge in [-0.15, -0.1) is 0 Å². The highest BCUT2D eigenvalue weighted by molar-refractivity contribution is 5.92. The molecule has 146 valence electrons. The van der Waals surface area contributed by atoms with E-state index in [0.29, 0.717) is 34.3 Å². The van der Waals surface area contributed by atoms with Gasteiger partial charge in [-0.1, -0.05) is 6.07 Å². The molecule has 0 fully saturated rings. The number of rotatable bonds is 7. The molecule has 0 spiro atoms. The first-order chi connectivity index (χ1) is 13.5. The minimum atomic E-state index is -0.273. The number of ether oxygens (including phenoxy) is 2. The lowest BCUT2D eigenvalue weighted by atomic mass is 10.1. The molecule has 0 aliphatic heterocycles. The van der Waals surface area contributed by atoms with E-state index in [-0.39, 0.29) is 19.1 Å². The van der Waals surface area contributed by atoms with Crippen LogP contribution in [0.15, 0.2) is 52.9 Å². The Labute approximate surface area is 163 Å². The monoisotopic (exact) mass is 381 g/mol. The third-order valence-corrected chi connectivity index (χ3v) is 4.41. The van der Waals surface area contributed by atoms with Gasteiger partial charge in [0, 0.05) is 5.69 Å². The summed E-state index contributed by atoms with van der Waals surface area (Å²) in [6.07, 6.45) is 0. The topological polar surface area (TPSA) is 80.9 Å². The van der Waals surface area contributed by atoms with Gasteiger partial charge < -0.3 is 24.3 Å². The normalized spacial score (nSPS) is 10.6. The van der Waals surface area contributed by atoms with Crippen molar-refractivity contribution in [3.05, 3.63) is 65.4 Å². The highest BCUT2D eigenvalue weighted by Crippen LogP contribution is 2.33. The summed E-state index contributed by atoms with van der Waals surface area (Å²) in [5.74, 6) is 1.98. The number of carbonyl (C=O) groups excluding carboxylic acids is 1. The van der Waals surface area contributed by atoms with Gasteiger partial charge in [-0.2, -0.15) is 0 Å². The molecule has 0 aliphatic carbocycles. The molecule has 1 amide bonds. The van der Waals surface area contributed by atoms with E-state index in [1.807, 2.05) is 32.0 Å². The third-order valence-electron chi connectivity index (χ3n) is 4.41. The van der Waals surface area contributed by atoms with E-state index in [1.165, 1.54) is 5.56 Å². The van der Waals surface area contributed by atoms with Gasteiger partial charge in [0.1, 0.15) is 29.6 Å². The average molecular weight is 381 g/mol. The molecular formula is C22H23NO5. The number of hydrogen-bond donors (Lipinski definition) is 2. The molecule has 28 heavy (non-hydrogen) atoms. The van der Waals surface area contributed by atoms with E-state index in [4.69, 9.17) is 13.9 Å². The summed E-state index contributed by atoms with van der Waals surface area (Å²) in [5, 5.41) is 12.0. The summed E-state index contributed by atoms with van der Waals surface area (Å²) in [5.41, 5.74) is 3.55. The Morgan fingerprint density at radius 2 is 1.89 bits per heavy atom. The first-order valence-electron chi connectivity index (χ1n) is 8.88. The SMILES string of the molecule is COc1ccc(NC(=O)COc2ccc(C)c(C)c2)cc1-c1ccc(CO)o1. The van der Waals surface area contributed by atoms with Crippen molar-refractivity contribution in [1.82, 2.24) is 0 Å². The lowest BCUT2D eigenvalue weighted by Gasteiger charge is -2.11. The molecule has 0 aliphatic rings. The second-order valence-corrected chi connectivity index (χ2v) is 6.42. The number of amides is 1. The number of methoxy groups -OCH3 is 1.